The first kappa shape index (κ1) is 12.8. The van der Waals surface area contributed by atoms with Crippen molar-refractivity contribution in [1.82, 2.24) is 9.97 Å². The molecule has 1 atom stereocenters. The van der Waals surface area contributed by atoms with Gasteiger partial charge >= 0.3 is 0 Å². The molecule has 0 amide bonds. The predicted octanol–water partition coefficient (Wildman–Crippen LogP) is 3.00. The highest BCUT2D eigenvalue weighted by atomic mass is 16.3. The fraction of sp³-hybridized carbons (Fsp3) is 0.400. The highest BCUT2D eigenvalue weighted by Crippen LogP contribution is 2.21. The molecular formula is C15H20N2O. The van der Waals surface area contributed by atoms with E-state index in [0.717, 1.165) is 17.8 Å². The van der Waals surface area contributed by atoms with E-state index in [1.165, 1.54) is 16.7 Å². The first-order valence-electron chi connectivity index (χ1n) is 6.32. The summed E-state index contributed by atoms with van der Waals surface area (Å²) in [5, 5.41) is 10.1. The van der Waals surface area contributed by atoms with Gasteiger partial charge in [0.15, 0.2) is 0 Å². The molecule has 0 aliphatic heterocycles. The van der Waals surface area contributed by atoms with Gasteiger partial charge in [0.1, 0.15) is 0 Å². The van der Waals surface area contributed by atoms with Crippen LogP contribution in [0.4, 0.5) is 0 Å². The second kappa shape index (κ2) is 5.36. The molecule has 1 aromatic carbocycles. The number of aliphatic hydroxyl groups excluding tert-OH is 1. The van der Waals surface area contributed by atoms with E-state index in [1.54, 1.807) is 6.33 Å². The molecule has 0 saturated heterocycles. The van der Waals surface area contributed by atoms with Gasteiger partial charge in [-0.25, -0.2) is 4.98 Å². The molecule has 2 N–H and O–H groups in total. The topological polar surface area (TPSA) is 48.9 Å². The molecule has 0 spiro atoms. The third-order valence-corrected chi connectivity index (χ3v) is 3.59. The number of aryl methyl sites for hydroxylation is 3. The van der Waals surface area contributed by atoms with Crippen LogP contribution in [-0.4, -0.2) is 15.1 Å². The Hall–Kier alpha value is -1.61. The summed E-state index contributed by atoms with van der Waals surface area (Å²) in [7, 11) is 0. The number of benzene rings is 1. The minimum atomic E-state index is -0.490. The van der Waals surface area contributed by atoms with Gasteiger partial charge in [0.2, 0.25) is 0 Å². The Labute approximate surface area is 108 Å². The Morgan fingerprint density at radius 1 is 1.28 bits per heavy atom. The van der Waals surface area contributed by atoms with E-state index in [-0.39, 0.29) is 0 Å². The van der Waals surface area contributed by atoms with Gasteiger partial charge in [-0.3, -0.25) is 0 Å². The maximum absolute atomic E-state index is 10.1. The Morgan fingerprint density at radius 3 is 2.72 bits per heavy atom. The Kier molecular flexibility index (Phi) is 3.82. The summed E-state index contributed by atoms with van der Waals surface area (Å²) in [5.74, 6) is 0. The zero-order chi connectivity index (χ0) is 13.1. The van der Waals surface area contributed by atoms with Crippen LogP contribution in [-0.2, 0) is 6.42 Å². The van der Waals surface area contributed by atoms with Crippen LogP contribution < -0.4 is 0 Å². The molecule has 3 heteroatoms. The molecular weight excluding hydrogens is 224 g/mol. The van der Waals surface area contributed by atoms with Crippen molar-refractivity contribution in [2.24, 2.45) is 0 Å². The van der Waals surface area contributed by atoms with Gasteiger partial charge in [-0.15, -0.1) is 0 Å². The van der Waals surface area contributed by atoms with E-state index in [1.807, 2.05) is 6.92 Å². The lowest BCUT2D eigenvalue weighted by Gasteiger charge is -2.12. The molecule has 1 aromatic heterocycles. The van der Waals surface area contributed by atoms with Crippen LogP contribution in [0.1, 0.15) is 40.6 Å². The van der Waals surface area contributed by atoms with Crippen LogP contribution in [0.5, 0.6) is 0 Å². The van der Waals surface area contributed by atoms with Crippen molar-refractivity contribution in [2.75, 3.05) is 0 Å². The third kappa shape index (κ3) is 2.62. The summed E-state index contributed by atoms with van der Waals surface area (Å²) in [6.45, 7) is 6.19. The van der Waals surface area contributed by atoms with Gasteiger partial charge in [-0.05, 0) is 50.3 Å². The maximum atomic E-state index is 10.1. The zero-order valence-electron chi connectivity index (χ0n) is 11.2. The van der Waals surface area contributed by atoms with Crippen LogP contribution >= 0.6 is 0 Å². The average molecular weight is 244 g/mol. The van der Waals surface area contributed by atoms with Crippen LogP contribution in [0.15, 0.2) is 24.5 Å². The van der Waals surface area contributed by atoms with Gasteiger partial charge in [0, 0.05) is 5.69 Å². The number of H-pyrrole nitrogens is 1. The van der Waals surface area contributed by atoms with Crippen molar-refractivity contribution in [2.45, 2.75) is 39.7 Å². The number of nitrogens with zero attached hydrogens (tertiary/aromatic N) is 1. The van der Waals surface area contributed by atoms with Gasteiger partial charge in [0.05, 0.1) is 18.1 Å². The van der Waals surface area contributed by atoms with E-state index >= 15 is 0 Å². The van der Waals surface area contributed by atoms with Crippen molar-refractivity contribution in [3.63, 3.8) is 0 Å². The van der Waals surface area contributed by atoms with Crippen molar-refractivity contribution in [1.29, 1.82) is 0 Å². The van der Waals surface area contributed by atoms with E-state index in [9.17, 15) is 5.11 Å². The van der Waals surface area contributed by atoms with E-state index in [2.05, 4.69) is 42.0 Å². The lowest BCUT2D eigenvalue weighted by molar-refractivity contribution is 0.163. The fourth-order valence-corrected chi connectivity index (χ4v) is 2.22. The number of aromatic nitrogens is 2. The lowest BCUT2D eigenvalue weighted by Crippen LogP contribution is -2.03. The molecule has 0 fully saturated rings. The number of aromatic amines is 1. The van der Waals surface area contributed by atoms with Crippen molar-refractivity contribution >= 4 is 0 Å². The summed E-state index contributed by atoms with van der Waals surface area (Å²) in [6, 6.07) is 6.32. The standard InChI is InChI=1S/C15H20N2O/c1-10-5-4-6-13(11(10)2)7-8-14(18)15-12(3)16-9-17-15/h4-6,9,14,18H,7-8H2,1-3H3,(H,16,17). The molecule has 0 bridgehead atoms. The van der Waals surface area contributed by atoms with Gasteiger partial charge in [-0.1, -0.05) is 18.2 Å². The van der Waals surface area contributed by atoms with Crippen LogP contribution in [0.2, 0.25) is 0 Å². The van der Waals surface area contributed by atoms with E-state index in [4.69, 9.17) is 0 Å². The minimum absolute atomic E-state index is 0.490. The van der Waals surface area contributed by atoms with E-state index in [0.29, 0.717) is 6.42 Å². The maximum Gasteiger partial charge on any atom is 0.0981 e. The quantitative estimate of drug-likeness (QED) is 0.868. The van der Waals surface area contributed by atoms with Crippen molar-refractivity contribution < 1.29 is 5.11 Å². The number of imidazole rings is 1. The SMILES string of the molecule is Cc1cccc(CCC(O)c2nc[nH]c2C)c1C. The van der Waals surface area contributed by atoms with Crippen LogP contribution in [0.25, 0.3) is 0 Å². The molecule has 0 saturated carbocycles. The summed E-state index contributed by atoms with van der Waals surface area (Å²) in [5.41, 5.74) is 5.65. The summed E-state index contributed by atoms with van der Waals surface area (Å²) < 4.78 is 0. The normalized spacial score (nSPS) is 12.7. The second-order valence-corrected chi connectivity index (χ2v) is 4.83. The molecule has 1 heterocycles. The minimum Gasteiger partial charge on any atom is -0.387 e. The van der Waals surface area contributed by atoms with Crippen molar-refractivity contribution in [3.05, 3.63) is 52.6 Å². The number of aliphatic hydroxyl groups is 1. The molecule has 0 aliphatic carbocycles. The fourth-order valence-electron chi connectivity index (χ4n) is 2.22. The largest absolute Gasteiger partial charge is 0.387 e. The molecule has 96 valence electrons. The van der Waals surface area contributed by atoms with Crippen molar-refractivity contribution in [3.8, 4) is 0 Å². The highest BCUT2D eigenvalue weighted by molar-refractivity contribution is 5.33. The Bertz CT molecular complexity index is 531. The summed E-state index contributed by atoms with van der Waals surface area (Å²) >= 11 is 0. The molecule has 2 aromatic rings. The predicted molar refractivity (Wildman–Crippen MR) is 72.5 cm³/mol. The molecule has 3 nitrogen and oxygen atoms in total. The summed E-state index contributed by atoms with van der Waals surface area (Å²) in [6.07, 6.45) is 2.72. The number of hydrogen-bond donors (Lipinski definition) is 2. The van der Waals surface area contributed by atoms with Crippen LogP contribution in [0.3, 0.4) is 0 Å². The molecule has 2 rings (SSSR count). The first-order valence-corrected chi connectivity index (χ1v) is 6.32. The molecule has 1 unspecified atom stereocenters. The summed E-state index contributed by atoms with van der Waals surface area (Å²) in [4.78, 5) is 7.16. The van der Waals surface area contributed by atoms with E-state index < -0.39 is 6.10 Å². The third-order valence-electron chi connectivity index (χ3n) is 3.59. The highest BCUT2D eigenvalue weighted by Gasteiger charge is 2.13. The number of nitrogens with one attached hydrogen (secondary N) is 1. The number of rotatable bonds is 4. The molecule has 18 heavy (non-hydrogen) atoms. The molecule has 0 radical (unpaired) electrons. The van der Waals surface area contributed by atoms with Gasteiger partial charge in [0.25, 0.3) is 0 Å². The Balaban J connectivity index is 2.04. The smallest absolute Gasteiger partial charge is 0.0981 e. The Morgan fingerprint density at radius 2 is 2.06 bits per heavy atom. The first-order chi connectivity index (χ1) is 8.59. The lowest BCUT2D eigenvalue weighted by atomic mass is 9.97. The van der Waals surface area contributed by atoms with Crippen LogP contribution in [0, 0.1) is 20.8 Å². The molecule has 0 aliphatic rings. The van der Waals surface area contributed by atoms with Gasteiger partial charge < -0.3 is 10.1 Å². The zero-order valence-corrected chi connectivity index (χ0v) is 11.2. The monoisotopic (exact) mass is 244 g/mol. The van der Waals surface area contributed by atoms with Gasteiger partial charge in [-0.2, -0.15) is 0 Å². The average Bonchev–Trinajstić information content (AvgIpc) is 2.77. The number of hydrogen-bond acceptors (Lipinski definition) is 2. The second-order valence-electron chi connectivity index (χ2n) is 4.83.